The molecule has 0 unspecified atom stereocenters. The average molecular weight is 196 g/mol. The number of halogens is 1. The van der Waals surface area contributed by atoms with Gasteiger partial charge in [0, 0.05) is 0 Å². The molecule has 1 aromatic rings. The smallest absolute Gasteiger partial charge is 0.295 e. The first-order chi connectivity index (χ1) is 6.56. The SMILES string of the molecule is C=CNc1cc(C)c(F)cc1[N+](=O)[O-]. The highest BCUT2D eigenvalue weighted by molar-refractivity contribution is 5.64. The maximum absolute atomic E-state index is 13.0. The summed E-state index contributed by atoms with van der Waals surface area (Å²) in [6, 6.07) is 2.26. The van der Waals surface area contributed by atoms with Gasteiger partial charge in [-0.1, -0.05) is 6.58 Å². The molecule has 0 saturated carbocycles. The van der Waals surface area contributed by atoms with Crippen LogP contribution in [0.3, 0.4) is 0 Å². The molecular weight excluding hydrogens is 187 g/mol. The van der Waals surface area contributed by atoms with Gasteiger partial charge in [0.25, 0.3) is 5.69 Å². The van der Waals surface area contributed by atoms with Gasteiger partial charge in [0.2, 0.25) is 0 Å². The number of nitrogens with one attached hydrogen (secondary N) is 1. The number of rotatable bonds is 3. The molecule has 0 heterocycles. The van der Waals surface area contributed by atoms with Gasteiger partial charge in [-0.05, 0) is 24.8 Å². The van der Waals surface area contributed by atoms with E-state index in [1.807, 2.05) is 0 Å². The third kappa shape index (κ3) is 1.87. The highest BCUT2D eigenvalue weighted by Gasteiger charge is 2.15. The minimum atomic E-state index is -0.644. The summed E-state index contributed by atoms with van der Waals surface area (Å²) in [7, 11) is 0. The number of benzene rings is 1. The van der Waals surface area contributed by atoms with Gasteiger partial charge in [0.15, 0.2) is 0 Å². The number of nitro groups is 1. The summed E-state index contributed by atoms with van der Waals surface area (Å²) in [4.78, 5) is 9.88. The molecule has 74 valence electrons. The van der Waals surface area contributed by atoms with Crippen LogP contribution in [-0.2, 0) is 0 Å². The molecule has 0 fully saturated rings. The van der Waals surface area contributed by atoms with Crippen molar-refractivity contribution in [2.24, 2.45) is 0 Å². The molecule has 0 saturated heterocycles. The van der Waals surface area contributed by atoms with Crippen LogP contribution in [0.2, 0.25) is 0 Å². The Morgan fingerprint density at radius 2 is 2.29 bits per heavy atom. The summed E-state index contributed by atoms with van der Waals surface area (Å²) >= 11 is 0. The third-order valence-electron chi connectivity index (χ3n) is 1.73. The lowest BCUT2D eigenvalue weighted by atomic mass is 10.2. The molecule has 0 atom stereocenters. The number of nitrogens with zero attached hydrogens (tertiary/aromatic N) is 1. The van der Waals surface area contributed by atoms with Crippen molar-refractivity contribution < 1.29 is 9.31 Å². The zero-order chi connectivity index (χ0) is 10.7. The van der Waals surface area contributed by atoms with E-state index in [1.54, 1.807) is 0 Å². The minimum Gasteiger partial charge on any atom is -0.357 e. The zero-order valence-corrected chi connectivity index (χ0v) is 7.58. The molecule has 0 bridgehead atoms. The lowest BCUT2D eigenvalue weighted by Crippen LogP contribution is -1.98. The molecule has 0 aromatic heterocycles. The van der Waals surface area contributed by atoms with E-state index >= 15 is 0 Å². The van der Waals surface area contributed by atoms with Crippen LogP contribution in [0.1, 0.15) is 5.56 Å². The predicted octanol–water partition coefficient (Wildman–Crippen LogP) is 2.60. The summed E-state index contributed by atoms with van der Waals surface area (Å²) < 4.78 is 13.0. The van der Waals surface area contributed by atoms with Crippen LogP contribution in [0.25, 0.3) is 0 Å². The second-order valence-corrected chi connectivity index (χ2v) is 2.72. The number of nitro benzene ring substituents is 1. The van der Waals surface area contributed by atoms with Gasteiger partial charge in [-0.2, -0.15) is 0 Å². The fourth-order valence-corrected chi connectivity index (χ4v) is 1.05. The first-order valence-electron chi connectivity index (χ1n) is 3.88. The fraction of sp³-hybridized carbons (Fsp3) is 0.111. The van der Waals surface area contributed by atoms with Crippen LogP contribution >= 0.6 is 0 Å². The zero-order valence-electron chi connectivity index (χ0n) is 7.58. The van der Waals surface area contributed by atoms with E-state index in [0.717, 1.165) is 6.07 Å². The van der Waals surface area contributed by atoms with E-state index in [4.69, 9.17) is 0 Å². The monoisotopic (exact) mass is 196 g/mol. The van der Waals surface area contributed by atoms with E-state index in [2.05, 4.69) is 11.9 Å². The van der Waals surface area contributed by atoms with Crippen molar-refractivity contribution >= 4 is 11.4 Å². The van der Waals surface area contributed by atoms with Crippen LogP contribution in [0.15, 0.2) is 24.9 Å². The van der Waals surface area contributed by atoms with Gasteiger partial charge in [0.1, 0.15) is 11.5 Å². The van der Waals surface area contributed by atoms with E-state index in [9.17, 15) is 14.5 Å². The second-order valence-electron chi connectivity index (χ2n) is 2.72. The maximum atomic E-state index is 13.0. The fourth-order valence-electron chi connectivity index (χ4n) is 1.05. The molecule has 1 N–H and O–H groups in total. The average Bonchev–Trinajstić information content (AvgIpc) is 2.11. The number of hydrogen-bond donors (Lipinski definition) is 1. The number of anilines is 1. The Bertz CT molecular complexity index is 391. The molecule has 0 aliphatic carbocycles. The molecular formula is C9H9FN2O2. The van der Waals surface area contributed by atoms with Crippen LogP contribution < -0.4 is 5.32 Å². The number of aryl methyl sites for hydroxylation is 1. The van der Waals surface area contributed by atoms with Crippen LogP contribution in [-0.4, -0.2) is 4.92 Å². The van der Waals surface area contributed by atoms with Gasteiger partial charge in [0.05, 0.1) is 11.0 Å². The quantitative estimate of drug-likeness (QED) is 0.597. The summed E-state index contributed by atoms with van der Waals surface area (Å²) in [6.07, 6.45) is 1.31. The molecule has 14 heavy (non-hydrogen) atoms. The molecule has 4 nitrogen and oxygen atoms in total. The molecule has 1 aromatic carbocycles. The van der Waals surface area contributed by atoms with E-state index in [1.165, 1.54) is 19.2 Å². The summed E-state index contributed by atoms with van der Waals surface area (Å²) in [5.41, 5.74) is 0.289. The lowest BCUT2D eigenvalue weighted by molar-refractivity contribution is -0.384. The molecule has 0 amide bonds. The molecule has 5 heteroatoms. The second kappa shape index (κ2) is 3.87. The Morgan fingerprint density at radius 3 is 2.79 bits per heavy atom. The van der Waals surface area contributed by atoms with E-state index < -0.39 is 10.7 Å². The van der Waals surface area contributed by atoms with Crippen molar-refractivity contribution in [1.29, 1.82) is 0 Å². The summed E-state index contributed by atoms with van der Waals surface area (Å²) in [5, 5.41) is 13.1. The Balaban J connectivity index is 3.30. The third-order valence-corrected chi connectivity index (χ3v) is 1.73. The van der Waals surface area contributed by atoms with Crippen LogP contribution in [0, 0.1) is 22.9 Å². The van der Waals surface area contributed by atoms with Gasteiger partial charge >= 0.3 is 0 Å². The minimum absolute atomic E-state index is 0.240. The molecule has 0 radical (unpaired) electrons. The first kappa shape index (κ1) is 10.2. The van der Waals surface area contributed by atoms with Crippen molar-refractivity contribution in [2.75, 3.05) is 5.32 Å². The topological polar surface area (TPSA) is 55.2 Å². The molecule has 1 rings (SSSR count). The van der Waals surface area contributed by atoms with Gasteiger partial charge < -0.3 is 5.32 Å². The van der Waals surface area contributed by atoms with Crippen molar-refractivity contribution in [2.45, 2.75) is 6.92 Å². The summed E-state index contributed by atoms with van der Waals surface area (Å²) in [5.74, 6) is -0.591. The molecule has 0 aliphatic heterocycles. The van der Waals surface area contributed by atoms with E-state index in [-0.39, 0.29) is 11.4 Å². The molecule has 0 aliphatic rings. The highest BCUT2D eigenvalue weighted by atomic mass is 19.1. The normalized spacial score (nSPS) is 9.57. The van der Waals surface area contributed by atoms with Crippen molar-refractivity contribution in [1.82, 2.24) is 0 Å². The van der Waals surface area contributed by atoms with Gasteiger partial charge in [-0.3, -0.25) is 10.1 Å². The standard InChI is InChI=1S/C9H9FN2O2/c1-3-11-8-4-6(2)7(10)5-9(8)12(13)14/h3-5,11H,1H2,2H3. The Morgan fingerprint density at radius 1 is 1.64 bits per heavy atom. The van der Waals surface area contributed by atoms with Gasteiger partial charge in [-0.15, -0.1) is 0 Å². The Kier molecular flexibility index (Phi) is 2.81. The van der Waals surface area contributed by atoms with Crippen molar-refractivity contribution in [3.63, 3.8) is 0 Å². The highest BCUT2D eigenvalue weighted by Crippen LogP contribution is 2.27. The van der Waals surface area contributed by atoms with Gasteiger partial charge in [-0.25, -0.2) is 4.39 Å². The predicted molar refractivity (Wildman–Crippen MR) is 51.6 cm³/mol. The van der Waals surface area contributed by atoms with Crippen LogP contribution in [0.4, 0.5) is 15.8 Å². The summed E-state index contributed by atoms with van der Waals surface area (Å²) in [6.45, 7) is 4.92. The number of hydrogen-bond acceptors (Lipinski definition) is 3. The Hall–Kier alpha value is -1.91. The molecule has 0 spiro atoms. The van der Waals surface area contributed by atoms with Crippen molar-refractivity contribution in [3.8, 4) is 0 Å². The Labute approximate surface area is 80.2 Å². The maximum Gasteiger partial charge on any atom is 0.295 e. The van der Waals surface area contributed by atoms with E-state index in [0.29, 0.717) is 5.56 Å². The lowest BCUT2D eigenvalue weighted by Gasteiger charge is -2.04. The largest absolute Gasteiger partial charge is 0.357 e. The van der Waals surface area contributed by atoms with Crippen molar-refractivity contribution in [3.05, 3.63) is 46.4 Å². The van der Waals surface area contributed by atoms with Crippen LogP contribution in [0.5, 0.6) is 0 Å². The first-order valence-corrected chi connectivity index (χ1v) is 3.88.